The van der Waals surface area contributed by atoms with Crippen LogP contribution in [0.2, 0.25) is 0 Å². The lowest BCUT2D eigenvalue weighted by atomic mass is 9.96. The minimum atomic E-state index is -0.643. The highest BCUT2D eigenvalue weighted by Crippen LogP contribution is 2.34. The molecular formula is C25H22N2O5S. The highest BCUT2D eigenvalue weighted by molar-refractivity contribution is 7.80. The first-order chi connectivity index (χ1) is 16.0. The number of benzene rings is 2. The summed E-state index contributed by atoms with van der Waals surface area (Å²) in [7, 11) is 1.34. The van der Waals surface area contributed by atoms with Gasteiger partial charge in [-0.1, -0.05) is 42.5 Å². The van der Waals surface area contributed by atoms with E-state index >= 15 is 0 Å². The Kier molecular flexibility index (Phi) is 6.55. The molecule has 1 aliphatic rings. The number of esters is 2. The van der Waals surface area contributed by atoms with E-state index in [1.54, 1.807) is 43.3 Å². The van der Waals surface area contributed by atoms with Crippen molar-refractivity contribution < 1.29 is 23.5 Å². The molecule has 1 aromatic heterocycles. The van der Waals surface area contributed by atoms with Gasteiger partial charge in [0.25, 0.3) is 0 Å². The number of methoxy groups -OCH3 is 1. The minimum Gasteiger partial charge on any atom is -0.465 e. The van der Waals surface area contributed by atoms with E-state index in [1.165, 1.54) is 7.11 Å². The van der Waals surface area contributed by atoms with Crippen molar-refractivity contribution in [2.75, 3.05) is 13.7 Å². The minimum absolute atomic E-state index is 0.234. The summed E-state index contributed by atoms with van der Waals surface area (Å²) in [4.78, 5) is 24.7. The molecule has 168 valence electrons. The Morgan fingerprint density at radius 1 is 0.970 bits per heavy atom. The zero-order chi connectivity index (χ0) is 23.4. The van der Waals surface area contributed by atoms with E-state index in [0.29, 0.717) is 33.5 Å². The van der Waals surface area contributed by atoms with E-state index in [0.717, 1.165) is 11.1 Å². The Bertz CT molecular complexity index is 1220. The molecule has 1 aliphatic heterocycles. The molecular weight excluding hydrogens is 440 g/mol. The zero-order valence-corrected chi connectivity index (χ0v) is 18.9. The quantitative estimate of drug-likeness (QED) is 0.416. The van der Waals surface area contributed by atoms with E-state index in [9.17, 15) is 9.59 Å². The summed E-state index contributed by atoms with van der Waals surface area (Å²) in [5.41, 5.74) is 2.97. The lowest BCUT2D eigenvalue weighted by Crippen LogP contribution is -2.45. The van der Waals surface area contributed by atoms with Crippen molar-refractivity contribution in [2.45, 2.75) is 13.0 Å². The predicted molar refractivity (Wildman–Crippen MR) is 127 cm³/mol. The molecule has 2 aromatic carbocycles. The van der Waals surface area contributed by atoms with Crippen molar-refractivity contribution in [2.24, 2.45) is 0 Å². The lowest BCUT2D eigenvalue weighted by Gasteiger charge is -2.29. The number of hydrogen-bond acceptors (Lipinski definition) is 6. The summed E-state index contributed by atoms with van der Waals surface area (Å²) in [6.45, 7) is 1.99. The molecule has 33 heavy (non-hydrogen) atoms. The largest absolute Gasteiger partial charge is 0.465 e. The average Bonchev–Trinajstić information content (AvgIpc) is 3.34. The number of carbonyl (C=O) groups is 2. The number of ether oxygens (including phenoxy) is 2. The van der Waals surface area contributed by atoms with Crippen LogP contribution >= 0.6 is 12.2 Å². The third-order valence-corrected chi connectivity index (χ3v) is 5.35. The van der Waals surface area contributed by atoms with Crippen LogP contribution in [0.3, 0.4) is 0 Å². The second kappa shape index (κ2) is 9.70. The van der Waals surface area contributed by atoms with Gasteiger partial charge in [-0.2, -0.15) is 0 Å². The number of hydrogen-bond donors (Lipinski definition) is 2. The molecule has 1 atom stereocenters. The second-order valence-electron chi connectivity index (χ2n) is 7.18. The van der Waals surface area contributed by atoms with Gasteiger partial charge in [0.2, 0.25) is 0 Å². The van der Waals surface area contributed by atoms with Crippen LogP contribution in [-0.2, 0) is 14.3 Å². The fraction of sp³-hybridized carbons (Fsp3) is 0.160. The number of thiocarbonyl (C=S) groups is 1. The number of furan rings is 1. The molecule has 7 nitrogen and oxygen atoms in total. The standard InChI is InChI=1S/C25H22N2O5S/c1-3-31-24(29)20-21(16-7-5-4-6-8-16)26-25(33)27-22(20)19-14-13-18(32-19)15-9-11-17(12-10-15)23(28)30-2/h4-14,22H,3H2,1-2H3,(H2,26,27,33)/t22-/m0/s1. The second-order valence-corrected chi connectivity index (χ2v) is 7.59. The normalized spacial score (nSPS) is 15.5. The molecule has 0 spiro atoms. The Hall–Kier alpha value is -3.91. The van der Waals surface area contributed by atoms with Gasteiger partial charge in [0, 0.05) is 5.56 Å². The highest BCUT2D eigenvalue weighted by atomic mass is 32.1. The van der Waals surface area contributed by atoms with Gasteiger partial charge in [-0.05, 0) is 49.0 Å². The molecule has 0 aliphatic carbocycles. The van der Waals surface area contributed by atoms with Gasteiger partial charge in [0.05, 0.1) is 30.6 Å². The van der Waals surface area contributed by atoms with Crippen LogP contribution in [0, 0.1) is 0 Å². The van der Waals surface area contributed by atoms with Gasteiger partial charge in [0.1, 0.15) is 17.6 Å². The maximum absolute atomic E-state index is 13.0. The van der Waals surface area contributed by atoms with Crippen molar-refractivity contribution in [3.63, 3.8) is 0 Å². The number of rotatable bonds is 6. The fourth-order valence-electron chi connectivity index (χ4n) is 3.59. The highest BCUT2D eigenvalue weighted by Gasteiger charge is 2.35. The third-order valence-electron chi connectivity index (χ3n) is 5.13. The summed E-state index contributed by atoms with van der Waals surface area (Å²) < 4.78 is 16.2. The number of nitrogens with one attached hydrogen (secondary N) is 2. The van der Waals surface area contributed by atoms with Crippen molar-refractivity contribution in [3.8, 4) is 11.3 Å². The van der Waals surface area contributed by atoms with Crippen molar-refractivity contribution in [1.82, 2.24) is 10.6 Å². The average molecular weight is 463 g/mol. The van der Waals surface area contributed by atoms with E-state index in [2.05, 4.69) is 10.6 Å². The molecule has 0 saturated carbocycles. The summed E-state index contributed by atoms with van der Waals surface area (Å²) >= 11 is 5.42. The molecule has 0 radical (unpaired) electrons. The van der Waals surface area contributed by atoms with Gasteiger partial charge >= 0.3 is 11.9 Å². The predicted octanol–water partition coefficient (Wildman–Crippen LogP) is 4.23. The van der Waals surface area contributed by atoms with E-state index in [4.69, 9.17) is 26.1 Å². The summed E-state index contributed by atoms with van der Waals surface area (Å²) in [6, 6.07) is 19.3. The molecule has 0 unspecified atom stereocenters. The SMILES string of the molecule is CCOC(=O)C1=C(c2ccccc2)NC(=S)N[C@H]1c1ccc(-c2ccc(C(=O)OC)cc2)o1. The summed E-state index contributed by atoms with van der Waals surface area (Å²) in [5, 5.41) is 6.59. The van der Waals surface area contributed by atoms with Crippen LogP contribution in [0.15, 0.2) is 76.7 Å². The van der Waals surface area contributed by atoms with Gasteiger partial charge < -0.3 is 24.5 Å². The maximum atomic E-state index is 13.0. The third kappa shape index (κ3) is 4.65. The monoisotopic (exact) mass is 462 g/mol. The van der Waals surface area contributed by atoms with Crippen LogP contribution in [0.4, 0.5) is 0 Å². The Morgan fingerprint density at radius 3 is 2.36 bits per heavy atom. The molecule has 3 aromatic rings. The van der Waals surface area contributed by atoms with Crippen LogP contribution in [-0.4, -0.2) is 30.8 Å². The fourth-order valence-corrected chi connectivity index (χ4v) is 3.81. The van der Waals surface area contributed by atoms with Crippen LogP contribution in [0.25, 0.3) is 17.0 Å². The molecule has 0 amide bonds. The van der Waals surface area contributed by atoms with E-state index in [1.807, 2.05) is 30.3 Å². The molecule has 0 saturated heterocycles. The smallest absolute Gasteiger partial charge is 0.338 e. The lowest BCUT2D eigenvalue weighted by molar-refractivity contribution is -0.138. The van der Waals surface area contributed by atoms with E-state index < -0.39 is 18.0 Å². The Morgan fingerprint density at radius 2 is 1.70 bits per heavy atom. The van der Waals surface area contributed by atoms with Crippen molar-refractivity contribution in [3.05, 3.63) is 89.2 Å². The first kappa shape index (κ1) is 22.3. The van der Waals surface area contributed by atoms with Crippen LogP contribution in [0.5, 0.6) is 0 Å². The summed E-state index contributed by atoms with van der Waals surface area (Å²) in [6.07, 6.45) is 0. The Balaban J connectivity index is 1.74. The first-order valence-electron chi connectivity index (χ1n) is 10.3. The Labute approximate surface area is 196 Å². The van der Waals surface area contributed by atoms with Crippen molar-refractivity contribution >= 4 is 35.0 Å². The first-order valence-corrected chi connectivity index (χ1v) is 10.7. The molecule has 2 N–H and O–H groups in total. The topological polar surface area (TPSA) is 89.8 Å². The van der Waals surface area contributed by atoms with Crippen LogP contribution < -0.4 is 10.6 Å². The zero-order valence-electron chi connectivity index (χ0n) is 18.1. The van der Waals surface area contributed by atoms with Crippen LogP contribution in [0.1, 0.15) is 34.6 Å². The summed E-state index contributed by atoms with van der Waals surface area (Å²) in [5.74, 6) is 0.204. The number of carbonyl (C=O) groups excluding carboxylic acids is 2. The molecule has 0 fully saturated rings. The van der Waals surface area contributed by atoms with Gasteiger partial charge in [-0.15, -0.1) is 0 Å². The molecule has 4 rings (SSSR count). The van der Waals surface area contributed by atoms with Gasteiger partial charge in [-0.25, -0.2) is 9.59 Å². The van der Waals surface area contributed by atoms with Crippen molar-refractivity contribution in [1.29, 1.82) is 0 Å². The van der Waals surface area contributed by atoms with Gasteiger partial charge in [0.15, 0.2) is 5.11 Å². The molecule has 2 heterocycles. The molecule has 8 heteroatoms. The molecule has 0 bridgehead atoms. The maximum Gasteiger partial charge on any atom is 0.338 e. The van der Waals surface area contributed by atoms with Gasteiger partial charge in [-0.3, -0.25) is 0 Å². The van der Waals surface area contributed by atoms with E-state index in [-0.39, 0.29) is 6.61 Å².